The summed E-state index contributed by atoms with van der Waals surface area (Å²) in [6.45, 7) is 2.55. The summed E-state index contributed by atoms with van der Waals surface area (Å²) in [5.41, 5.74) is 2.14. The molecule has 0 saturated carbocycles. The van der Waals surface area contributed by atoms with E-state index in [0.717, 1.165) is 5.56 Å². The molecule has 8 heteroatoms. The second-order valence-corrected chi connectivity index (χ2v) is 7.20. The average Bonchev–Trinajstić information content (AvgIpc) is 2.68. The number of carbonyl (C=O) groups is 2. The van der Waals surface area contributed by atoms with Gasteiger partial charge in [0.2, 0.25) is 0 Å². The molecule has 1 atom stereocenters. The van der Waals surface area contributed by atoms with Crippen LogP contribution in [0.25, 0.3) is 0 Å². The third-order valence-corrected chi connectivity index (χ3v) is 5.15. The fourth-order valence-electron chi connectivity index (χ4n) is 3.62. The largest absolute Gasteiger partial charge is 0.465 e. The standard InChI is InChI=1S/C21H23F2N3O3/c1-14-11-17(23)7-8-18(14)19-13-25(21(28)29)9-10-26(19)20(27)24(2)12-15-3-5-16(22)6-4-15/h3-8,11,19H,9-10,12-13H2,1-2H3,(H,28,29)/t19-/m1/s1. The van der Waals surface area contributed by atoms with Gasteiger partial charge in [-0.2, -0.15) is 0 Å². The van der Waals surface area contributed by atoms with E-state index in [1.807, 2.05) is 0 Å². The predicted octanol–water partition coefficient (Wildman–Crippen LogP) is 3.86. The van der Waals surface area contributed by atoms with Gasteiger partial charge in [-0.3, -0.25) is 0 Å². The van der Waals surface area contributed by atoms with Crippen LogP contribution in [-0.2, 0) is 6.54 Å². The molecule has 1 aliphatic rings. The second-order valence-electron chi connectivity index (χ2n) is 7.20. The summed E-state index contributed by atoms with van der Waals surface area (Å²) in [6, 6.07) is 9.39. The summed E-state index contributed by atoms with van der Waals surface area (Å²) in [4.78, 5) is 29.0. The fraction of sp³-hybridized carbons (Fsp3) is 0.333. The maximum absolute atomic E-state index is 13.6. The van der Waals surface area contributed by atoms with Crippen molar-refractivity contribution in [1.29, 1.82) is 0 Å². The lowest BCUT2D eigenvalue weighted by atomic mass is 9.97. The van der Waals surface area contributed by atoms with E-state index in [9.17, 15) is 23.5 Å². The van der Waals surface area contributed by atoms with Crippen molar-refractivity contribution in [2.45, 2.75) is 19.5 Å². The fourth-order valence-corrected chi connectivity index (χ4v) is 3.62. The first kappa shape index (κ1) is 20.6. The molecular formula is C21H23F2N3O3. The van der Waals surface area contributed by atoms with Crippen LogP contribution in [0.1, 0.15) is 22.7 Å². The summed E-state index contributed by atoms with van der Waals surface area (Å²) in [6.07, 6.45) is -1.05. The van der Waals surface area contributed by atoms with Crippen molar-refractivity contribution in [3.8, 4) is 0 Å². The molecule has 1 saturated heterocycles. The Kier molecular flexibility index (Phi) is 6.00. The van der Waals surface area contributed by atoms with Gasteiger partial charge < -0.3 is 19.8 Å². The Bertz CT molecular complexity index is 905. The maximum atomic E-state index is 13.6. The van der Waals surface area contributed by atoms with Gasteiger partial charge in [-0.25, -0.2) is 18.4 Å². The molecule has 0 aromatic heterocycles. The van der Waals surface area contributed by atoms with Crippen molar-refractivity contribution >= 4 is 12.1 Å². The van der Waals surface area contributed by atoms with Gasteiger partial charge in [0.25, 0.3) is 0 Å². The lowest BCUT2D eigenvalue weighted by molar-refractivity contribution is 0.0711. The molecule has 0 unspecified atom stereocenters. The van der Waals surface area contributed by atoms with E-state index in [0.29, 0.717) is 11.1 Å². The third-order valence-electron chi connectivity index (χ3n) is 5.15. The summed E-state index contributed by atoms with van der Waals surface area (Å²) in [5.74, 6) is -0.733. The van der Waals surface area contributed by atoms with Crippen LogP contribution in [0.3, 0.4) is 0 Å². The average molecular weight is 403 g/mol. The summed E-state index contributed by atoms with van der Waals surface area (Å²) < 4.78 is 26.7. The SMILES string of the molecule is Cc1cc(F)ccc1[C@H]1CN(C(=O)O)CCN1C(=O)N(C)Cc1ccc(F)cc1. The predicted molar refractivity (Wildman–Crippen MR) is 103 cm³/mol. The number of urea groups is 1. The van der Waals surface area contributed by atoms with Crippen molar-refractivity contribution < 1.29 is 23.5 Å². The minimum atomic E-state index is -1.05. The number of halogens is 2. The molecule has 0 aliphatic carbocycles. The zero-order chi connectivity index (χ0) is 21.1. The number of hydrogen-bond donors (Lipinski definition) is 1. The van der Waals surface area contributed by atoms with Crippen LogP contribution in [0.4, 0.5) is 18.4 Å². The lowest BCUT2D eigenvalue weighted by Gasteiger charge is -2.42. The summed E-state index contributed by atoms with van der Waals surface area (Å²) >= 11 is 0. The quantitative estimate of drug-likeness (QED) is 0.846. The van der Waals surface area contributed by atoms with Crippen LogP contribution in [0.2, 0.25) is 0 Å². The Labute approximate surface area is 167 Å². The van der Waals surface area contributed by atoms with Crippen molar-refractivity contribution in [2.75, 3.05) is 26.7 Å². The number of carboxylic acid groups (broad SMARTS) is 1. The van der Waals surface area contributed by atoms with Gasteiger partial charge in [0, 0.05) is 33.2 Å². The van der Waals surface area contributed by atoms with Crippen LogP contribution in [-0.4, -0.2) is 58.6 Å². The molecule has 1 aliphatic heterocycles. The molecule has 3 amide bonds. The smallest absolute Gasteiger partial charge is 0.407 e. The van der Waals surface area contributed by atoms with E-state index in [4.69, 9.17) is 0 Å². The highest BCUT2D eigenvalue weighted by molar-refractivity contribution is 5.75. The monoisotopic (exact) mass is 403 g/mol. The highest BCUT2D eigenvalue weighted by Crippen LogP contribution is 2.29. The van der Waals surface area contributed by atoms with E-state index in [2.05, 4.69) is 0 Å². The molecule has 2 aromatic carbocycles. The minimum absolute atomic E-state index is 0.109. The first-order chi connectivity index (χ1) is 13.8. The molecule has 0 bridgehead atoms. The lowest BCUT2D eigenvalue weighted by Crippen LogP contribution is -2.54. The van der Waals surface area contributed by atoms with Crippen LogP contribution in [0.5, 0.6) is 0 Å². The normalized spacial score (nSPS) is 16.6. The van der Waals surface area contributed by atoms with Gasteiger partial charge in [0.15, 0.2) is 0 Å². The van der Waals surface area contributed by atoms with Crippen LogP contribution < -0.4 is 0 Å². The van der Waals surface area contributed by atoms with Gasteiger partial charge in [0.05, 0.1) is 6.04 Å². The Morgan fingerprint density at radius 2 is 1.76 bits per heavy atom. The molecule has 1 heterocycles. The number of aryl methyl sites for hydroxylation is 1. The van der Waals surface area contributed by atoms with Crippen LogP contribution in [0, 0.1) is 18.6 Å². The molecule has 0 radical (unpaired) electrons. The number of piperazine rings is 1. The zero-order valence-electron chi connectivity index (χ0n) is 16.3. The van der Waals surface area contributed by atoms with Gasteiger partial charge in [0.1, 0.15) is 11.6 Å². The maximum Gasteiger partial charge on any atom is 0.407 e. The molecular weight excluding hydrogens is 380 g/mol. The Hall–Kier alpha value is -3.16. The highest BCUT2D eigenvalue weighted by Gasteiger charge is 2.35. The molecule has 2 aromatic rings. The molecule has 29 heavy (non-hydrogen) atoms. The van der Waals surface area contributed by atoms with E-state index < -0.39 is 12.1 Å². The van der Waals surface area contributed by atoms with Crippen molar-refractivity contribution in [3.05, 3.63) is 70.8 Å². The van der Waals surface area contributed by atoms with Crippen LogP contribution in [0.15, 0.2) is 42.5 Å². The molecule has 0 spiro atoms. The van der Waals surface area contributed by atoms with Crippen LogP contribution >= 0.6 is 0 Å². The summed E-state index contributed by atoms with van der Waals surface area (Å²) in [5, 5.41) is 9.39. The molecule has 1 fully saturated rings. The topological polar surface area (TPSA) is 64.1 Å². The van der Waals surface area contributed by atoms with E-state index in [1.165, 1.54) is 34.1 Å². The Morgan fingerprint density at radius 3 is 2.38 bits per heavy atom. The Balaban J connectivity index is 1.84. The number of amides is 3. The number of rotatable bonds is 3. The number of nitrogens with zero attached hydrogens (tertiary/aromatic N) is 3. The number of hydrogen-bond acceptors (Lipinski definition) is 2. The third kappa shape index (κ3) is 4.64. The van der Waals surface area contributed by atoms with Gasteiger partial charge in [-0.1, -0.05) is 18.2 Å². The van der Waals surface area contributed by atoms with Gasteiger partial charge in [-0.05, 0) is 47.9 Å². The van der Waals surface area contributed by atoms with Crippen molar-refractivity contribution in [1.82, 2.24) is 14.7 Å². The molecule has 1 N–H and O–H groups in total. The summed E-state index contributed by atoms with van der Waals surface area (Å²) in [7, 11) is 1.64. The molecule has 3 rings (SSSR count). The first-order valence-corrected chi connectivity index (χ1v) is 9.26. The number of carbonyl (C=O) groups excluding carboxylic acids is 1. The van der Waals surface area contributed by atoms with E-state index in [1.54, 1.807) is 37.1 Å². The van der Waals surface area contributed by atoms with E-state index in [-0.39, 0.29) is 43.8 Å². The first-order valence-electron chi connectivity index (χ1n) is 9.26. The van der Waals surface area contributed by atoms with Crippen molar-refractivity contribution in [3.63, 3.8) is 0 Å². The van der Waals surface area contributed by atoms with Gasteiger partial charge in [-0.15, -0.1) is 0 Å². The Morgan fingerprint density at radius 1 is 1.10 bits per heavy atom. The molecule has 6 nitrogen and oxygen atoms in total. The second kappa shape index (κ2) is 8.46. The zero-order valence-corrected chi connectivity index (χ0v) is 16.3. The number of benzene rings is 2. The van der Waals surface area contributed by atoms with Crippen molar-refractivity contribution in [2.24, 2.45) is 0 Å². The van der Waals surface area contributed by atoms with E-state index >= 15 is 0 Å². The molecule has 154 valence electrons. The van der Waals surface area contributed by atoms with Gasteiger partial charge >= 0.3 is 12.1 Å². The minimum Gasteiger partial charge on any atom is -0.465 e. The highest BCUT2D eigenvalue weighted by atomic mass is 19.1.